The molecule has 1 rings (SSSR count). The summed E-state index contributed by atoms with van der Waals surface area (Å²) in [6, 6.07) is 0. The second-order valence-corrected chi connectivity index (χ2v) is 5.54. The molecule has 0 heterocycles. The predicted octanol–water partition coefficient (Wildman–Crippen LogP) is 1.58. The molecule has 122 valence electrons. The minimum Gasteiger partial charge on any atom is -0.480 e. The Balaban J connectivity index is 2.40. The van der Waals surface area contributed by atoms with E-state index in [1.807, 2.05) is 6.92 Å². The van der Waals surface area contributed by atoms with Crippen molar-refractivity contribution in [2.45, 2.75) is 51.5 Å². The van der Waals surface area contributed by atoms with Crippen LogP contribution in [0.25, 0.3) is 0 Å². The molecule has 0 aromatic heterocycles. The Hall–Kier alpha value is -1.14. The molecule has 0 unspecified atom stereocenters. The van der Waals surface area contributed by atoms with Crippen molar-refractivity contribution in [3.05, 3.63) is 0 Å². The molecule has 0 aromatic rings. The van der Waals surface area contributed by atoms with Gasteiger partial charge in [0.05, 0.1) is 13.2 Å². The molecular formula is C15H27NO5. The maximum Gasteiger partial charge on any atom is 0.329 e. The number of amides is 1. The molecule has 21 heavy (non-hydrogen) atoms. The Kier molecular flexibility index (Phi) is 7.67. The van der Waals surface area contributed by atoms with Gasteiger partial charge in [-0.2, -0.15) is 0 Å². The third-order valence-electron chi connectivity index (χ3n) is 4.13. The lowest BCUT2D eigenvalue weighted by Gasteiger charge is -2.37. The molecule has 6 nitrogen and oxygen atoms in total. The van der Waals surface area contributed by atoms with Crippen molar-refractivity contribution in [2.24, 2.45) is 5.92 Å². The number of ether oxygens (including phenoxy) is 2. The van der Waals surface area contributed by atoms with Gasteiger partial charge in [0.1, 0.15) is 12.1 Å². The largest absolute Gasteiger partial charge is 0.480 e. The second kappa shape index (κ2) is 9.00. The summed E-state index contributed by atoms with van der Waals surface area (Å²) in [5.74, 6) is -0.750. The van der Waals surface area contributed by atoms with Gasteiger partial charge in [-0.1, -0.05) is 13.3 Å². The molecule has 0 atom stereocenters. The number of hydrogen-bond acceptors (Lipinski definition) is 4. The molecular weight excluding hydrogens is 274 g/mol. The molecule has 1 saturated carbocycles. The fourth-order valence-electron chi connectivity index (χ4n) is 2.70. The number of aliphatic carboxylic acids is 1. The van der Waals surface area contributed by atoms with Crippen molar-refractivity contribution < 1.29 is 24.2 Å². The molecule has 1 amide bonds. The van der Waals surface area contributed by atoms with Crippen molar-refractivity contribution in [1.29, 1.82) is 0 Å². The minimum absolute atomic E-state index is 0.126. The van der Waals surface area contributed by atoms with E-state index in [1.54, 1.807) is 0 Å². The molecule has 1 aliphatic carbocycles. The fourth-order valence-corrected chi connectivity index (χ4v) is 2.70. The van der Waals surface area contributed by atoms with Crippen LogP contribution >= 0.6 is 0 Å². The first kappa shape index (κ1) is 17.9. The summed E-state index contributed by atoms with van der Waals surface area (Å²) in [5, 5.41) is 12.1. The van der Waals surface area contributed by atoms with E-state index < -0.39 is 11.5 Å². The molecule has 1 aliphatic rings. The molecule has 0 aliphatic heterocycles. The number of rotatable bonds is 9. The summed E-state index contributed by atoms with van der Waals surface area (Å²) in [6.07, 6.45) is 3.73. The van der Waals surface area contributed by atoms with E-state index in [2.05, 4.69) is 12.2 Å². The Morgan fingerprint density at radius 3 is 2.33 bits per heavy atom. The van der Waals surface area contributed by atoms with Gasteiger partial charge in [-0.15, -0.1) is 0 Å². The third-order valence-corrected chi connectivity index (χ3v) is 4.13. The van der Waals surface area contributed by atoms with Gasteiger partial charge in [0.15, 0.2) is 0 Å². The maximum atomic E-state index is 11.9. The smallest absolute Gasteiger partial charge is 0.329 e. The zero-order valence-electron chi connectivity index (χ0n) is 13.0. The lowest BCUT2D eigenvalue weighted by molar-refractivity contribution is -0.150. The first-order chi connectivity index (χ1) is 10.0. The average Bonchev–Trinajstić information content (AvgIpc) is 2.47. The lowest BCUT2D eigenvalue weighted by atomic mass is 9.75. The number of carbonyl (C=O) groups excluding carboxylic acids is 1. The zero-order valence-corrected chi connectivity index (χ0v) is 13.0. The Morgan fingerprint density at radius 2 is 1.81 bits per heavy atom. The Labute approximate surface area is 126 Å². The monoisotopic (exact) mass is 301 g/mol. The van der Waals surface area contributed by atoms with Crippen LogP contribution in [-0.2, 0) is 19.1 Å². The van der Waals surface area contributed by atoms with E-state index in [-0.39, 0.29) is 12.5 Å². The van der Waals surface area contributed by atoms with Crippen LogP contribution in [0.4, 0.5) is 0 Å². The standard InChI is InChI=1S/C15H27NO5/c1-3-12-5-7-15(8-6-12,14(18)19)16-13(17)11-21-10-9-20-4-2/h12H,3-11H2,1-2H3,(H,16,17)(H,18,19). The van der Waals surface area contributed by atoms with E-state index in [1.165, 1.54) is 0 Å². The summed E-state index contributed by atoms with van der Waals surface area (Å²) < 4.78 is 10.3. The molecule has 2 N–H and O–H groups in total. The number of nitrogens with one attached hydrogen (secondary N) is 1. The van der Waals surface area contributed by atoms with E-state index in [4.69, 9.17) is 9.47 Å². The predicted molar refractivity (Wildman–Crippen MR) is 78.1 cm³/mol. The van der Waals surface area contributed by atoms with Crippen LogP contribution in [0.5, 0.6) is 0 Å². The van der Waals surface area contributed by atoms with Gasteiger partial charge in [0.2, 0.25) is 5.91 Å². The van der Waals surface area contributed by atoms with Crippen LogP contribution in [0.15, 0.2) is 0 Å². The molecule has 0 radical (unpaired) electrons. The SMILES string of the molecule is CCOCCOCC(=O)NC1(C(=O)O)CCC(CC)CC1. The van der Waals surface area contributed by atoms with Gasteiger partial charge in [-0.25, -0.2) is 4.79 Å². The lowest BCUT2D eigenvalue weighted by Crippen LogP contribution is -2.57. The van der Waals surface area contributed by atoms with Gasteiger partial charge in [0, 0.05) is 6.61 Å². The first-order valence-electron chi connectivity index (χ1n) is 7.74. The second-order valence-electron chi connectivity index (χ2n) is 5.54. The minimum atomic E-state index is -1.12. The summed E-state index contributed by atoms with van der Waals surface area (Å²) in [7, 11) is 0. The van der Waals surface area contributed by atoms with Crippen LogP contribution in [0.2, 0.25) is 0 Å². The van der Waals surface area contributed by atoms with Crippen LogP contribution in [0, 0.1) is 5.92 Å². The van der Waals surface area contributed by atoms with Crippen LogP contribution in [0.1, 0.15) is 46.0 Å². The number of hydrogen-bond donors (Lipinski definition) is 2. The number of carboxylic acids is 1. The van der Waals surface area contributed by atoms with E-state index in [0.29, 0.717) is 38.6 Å². The van der Waals surface area contributed by atoms with Gasteiger partial charge in [0.25, 0.3) is 0 Å². The third kappa shape index (κ3) is 5.63. The summed E-state index contributed by atoms with van der Waals surface area (Å²) in [6.45, 7) is 5.25. The van der Waals surface area contributed by atoms with Crippen molar-refractivity contribution in [1.82, 2.24) is 5.32 Å². The highest BCUT2D eigenvalue weighted by Crippen LogP contribution is 2.33. The molecule has 1 fully saturated rings. The van der Waals surface area contributed by atoms with Crippen LogP contribution < -0.4 is 5.32 Å². The van der Waals surface area contributed by atoms with E-state index in [9.17, 15) is 14.7 Å². The Bertz CT molecular complexity index is 337. The molecule has 0 saturated heterocycles. The highest BCUT2D eigenvalue weighted by Gasteiger charge is 2.42. The van der Waals surface area contributed by atoms with Crippen molar-refractivity contribution in [3.8, 4) is 0 Å². The first-order valence-corrected chi connectivity index (χ1v) is 7.74. The fraction of sp³-hybridized carbons (Fsp3) is 0.867. The summed E-state index contributed by atoms with van der Waals surface area (Å²) in [4.78, 5) is 23.4. The average molecular weight is 301 g/mol. The van der Waals surface area contributed by atoms with Crippen molar-refractivity contribution in [2.75, 3.05) is 26.4 Å². The Morgan fingerprint density at radius 1 is 1.19 bits per heavy atom. The highest BCUT2D eigenvalue weighted by molar-refractivity contribution is 5.87. The van der Waals surface area contributed by atoms with Gasteiger partial charge in [-0.05, 0) is 38.5 Å². The summed E-state index contributed by atoms with van der Waals surface area (Å²) >= 11 is 0. The van der Waals surface area contributed by atoms with Gasteiger partial charge < -0.3 is 19.9 Å². The van der Waals surface area contributed by atoms with Crippen molar-refractivity contribution in [3.63, 3.8) is 0 Å². The number of carbonyl (C=O) groups is 2. The molecule has 0 bridgehead atoms. The van der Waals surface area contributed by atoms with Gasteiger partial charge >= 0.3 is 5.97 Å². The van der Waals surface area contributed by atoms with Crippen LogP contribution in [0.3, 0.4) is 0 Å². The van der Waals surface area contributed by atoms with Gasteiger partial charge in [-0.3, -0.25) is 4.79 Å². The maximum absolute atomic E-state index is 11.9. The highest BCUT2D eigenvalue weighted by atomic mass is 16.5. The summed E-state index contributed by atoms with van der Waals surface area (Å²) in [5.41, 5.74) is -1.12. The molecule has 0 aromatic carbocycles. The van der Waals surface area contributed by atoms with E-state index in [0.717, 1.165) is 19.3 Å². The van der Waals surface area contributed by atoms with E-state index >= 15 is 0 Å². The van der Waals surface area contributed by atoms with Crippen LogP contribution in [-0.4, -0.2) is 48.9 Å². The number of carboxylic acid groups (broad SMARTS) is 1. The molecule has 0 spiro atoms. The van der Waals surface area contributed by atoms with Crippen molar-refractivity contribution >= 4 is 11.9 Å². The molecule has 6 heteroatoms. The topological polar surface area (TPSA) is 84.9 Å². The normalized spacial score (nSPS) is 25.5. The quantitative estimate of drug-likeness (QED) is 0.632. The zero-order chi connectivity index (χ0) is 15.7.